The van der Waals surface area contributed by atoms with Crippen molar-refractivity contribution in [1.29, 1.82) is 0 Å². The molecular formula is C18H22O4. The predicted molar refractivity (Wildman–Crippen MR) is 85.1 cm³/mol. The third kappa shape index (κ3) is 4.23. The molecule has 118 valence electrons. The fourth-order valence-electron chi connectivity index (χ4n) is 2.30. The first kappa shape index (κ1) is 16.3. The van der Waals surface area contributed by atoms with Gasteiger partial charge in [-0.3, -0.25) is 0 Å². The second kappa shape index (κ2) is 7.82. The van der Waals surface area contributed by atoms with Gasteiger partial charge < -0.3 is 19.7 Å². The van der Waals surface area contributed by atoms with Gasteiger partial charge in [-0.05, 0) is 48.2 Å². The maximum absolute atomic E-state index is 10.2. The Balaban J connectivity index is 1.89. The molecule has 0 saturated carbocycles. The van der Waals surface area contributed by atoms with Crippen LogP contribution in [0.25, 0.3) is 0 Å². The highest BCUT2D eigenvalue weighted by atomic mass is 16.5. The summed E-state index contributed by atoms with van der Waals surface area (Å²) in [7, 11) is 3.22. The van der Waals surface area contributed by atoms with Gasteiger partial charge in [0.05, 0.1) is 26.4 Å². The Morgan fingerprint density at radius 1 is 0.682 bits per heavy atom. The molecule has 0 fully saturated rings. The maximum Gasteiger partial charge on any atom is 0.118 e. The lowest BCUT2D eigenvalue weighted by atomic mass is 9.99. The van der Waals surface area contributed by atoms with E-state index in [0.29, 0.717) is 12.8 Å². The topological polar surface area (TPSA) is 58.9 Å². The largest absolute Gasteiger partial charge is 0.497 e. The molecule has 4 nitrogen and oxygen atoms in total. The predicted octanol–water partition coefficient (Wildman–Crippen LogP) is 3.25. The van der Waals surface area contributed by atoms with Crippen molar-refractivity contribution in [2.24, 2.45) is 0 Å². The zero-order chi connectivity index (χ0) is 15.9. The molecule has 2 rings (SSSR count). The molecule has 0 aliphatic heterocycles. The maximum atomic E-state index is 10.2. The van der Waals surface area contributed by atoms with E-state index in [1.165, 1.54) is 0 Å². The lowest BCUT2D eigenvalue weighted by Crippen LogP contribution is -2.03. The molecule has 2 atom stereocenters. The molecule has 2 N–H and O–H groups in total. The Morgan fingerprint density at radius 3 is 1.27 bits per heavy atom. The van der Waals surface area contributed by atoms with Crippen molar-refractivity contribution in [2.75, 3.05) is 14.2 Å². The van der Waals surface area contributed by atoms with Gasteiger partial charge in [-0.1, -0.05) is 24.3 Å². The van der Waals surface area contributed by atoms with Crippen molar-refractivity contribution in [2.45, 2.75) is 25.0 Å². The van der Waals surface area contributed by atoms with Crippen LogP contribution in [0.3, 0.4) is 0 Å². The molecule has 2 unspecified atom stereocenters. The van der Waals surface area contributed by atoms with Gasteiger partial charge in [0.2, 0.25) is 0 Å². The third-order valence-electron chi connectivity index (χ3n) is 3.71. The quantitative estimate of drug-likeness (QED) is 0.824. The van der Waals surface area contributed by atoms with Gasteiger partial charge in [-0.2, -0.15) is 0 Å². The highest BCUT2D eigenvalue weighted by Crippen LogP contribution is 2.27. The van der Waals surface area contributed by atoms with Gasteiger partial charge >= 0.3 is 0 Å². The van der Waals surface area contributed by atoms with Gasteiger partial charge in [0, 0.05) is 0 Å². The minimum absolute atomic E-state index is 0.486. The molecule has 0 radical (unpaired) electrons. The Kier molecular flexibility index (Phi) is 5.81. The van der Waals surface area contributed by atoms with Crippen molar-refractivity contribution in [3.8, 4) is 11.5 Å². The number of hydrogen-bond donors (Lipinski definition) is 2. The standard InChI is InChI=1S/C18H22O4/c1-21-15-7-3-13(4-8-15)17(19)11-12-18(20)14-5-9-16(22-2)10-6-14/h3-10,17-20H,11-12H2,1-2H3. The van der Waals surface area contributed by atoms with Crippen molar-refractivity contribution in [1.82, 2.24) is 0 Å². The van der Waals surface area contributed by atoms with Crippen LogP contribution in [0, 0.1) is 0 Å². The van der Waals surface area contributed by atoms with E-state index >= 15 is 0 Å². The normalized spacial score (nSPS) is 13.5. The summed E-state index contributed by atoms with van der Waals surface area (Å²) in [4.78, 5) is 0. The number of methoxy groups -OCH3 is 2. The van der Waals surface area contributed by atoms with Crippen LogP contribution in [-0.2, 0) is 0 Å². The van der Waals surface area contributed by atoms with E-state index in [4.69, 9.17) is 9.47 Å². The summed E-state index contributed by atoms with van der Waals surface area (Å²) in [5.74, 6) is 1.52. The van der Waals surface area contributed by atoms with Crippen LogP contribution in [0.5, 0.6) is 11.5 Å². The first-order chi connectivity index (χ1) is 10.6. The zero-order valence-corrected chi connectivity index (χ0v) is 12.9. The van der Waals surface area contributed by atoms with Crippen molar-refractivity contribution < 1.29 is 19.7 Å². The minimum atomic E-state index is -0.598. The van der Waals surface area contributed by atoms with E-state index in [-0.39, 0.29) is 0 Å². The van der Waals surface area contributed by atoms with Crippen LogP contribution in [0.1, 0.15) is 36.2 Å². The third-order valence-corrected chi connectivity index (χ3v) is 3.71. The van der Waals surface area contributed by atoms with Gasteiger partial charge in [0.15, 0.2) is 0 Å². The second-order valence-electron chi connectivity index (χ2n) is 5.16. The fraction of sp³-hybridized carbons (Fsp3) is 0.333. The molecule has 2 aromatic rings. The smallest absolute Gasteiger partial charge is 0.118 e. The number of ether oxygens (including phenoxy) is 2. The molecule has 0 aliphatic rings. The summed E-state index contributed by atoms with van der Waals surface area (Å²) >= 11 is 0. The lowest BCUT2D eigenvalue weighted by molar-refractivity contribution is 0.115. The SMILES string of the molecule is COc1ccc(C(O)CCC(O)c2ccc(OC)cc2)cc1. The molecule has 22 heavy (non-hydrogen) atoms. The molecule has 0 bridgehead atoms. The van der Waals surface area contributed by atoms with Crippen LogP contribution < -0.4 is 9.47 Å². The Bertz CT molecular complexity index is 509. The average molecular weight is 302 g/mol. The van der Waals surface area contributed by atoms with E-state index in [2.05, 4.69) is 0 Å². The van der Waals surface area contributed by atoms with Gasteiger partial charge in [-0.15, -0.1) is 0 Å². The fourth-order valence-corrected chi connectivity index (χ4v) is 2.30. The minimum Gasteiger partial charge on any atom is -0.497 e. The number of rotatable bonds is 7. The monoisotopic (exact) mass is 302 g/mol. The van der Waals surface area contributed by atoms with Crippen LogP contribution in [-0.4, -0.2) is 24.4 Å². The number of benzene rings is 2. The van der Waals surface area contributed by atoms with E-state index in [1.807, 2.05) is 48.5 Å². The van der Waals surface area contributed by atoms with Gasteiger partial charge in [0.25, 0.3) is 0 Å². The van der Waals surface area contributed by atoms with Crippen molar-refractivity contribution in [3.63, 3.8) is 0 Å². The van der Waals surface area contributed by atoms with E-state index in [0.717, 1.165) is 22.6 Å². The summed E-state index contributed by atoms with van der Waals surface area (Å²) in [6.45, 7) is 0. The van der Waals surface area contributed by atoms with Crippen molar-refractivity contribution >= 4 is 0 Å². The van der Waals surface area contributed by atoms with E-state index < -0.39 is 12.2 Å². The molecule has 0 amide bonds. The summed E-state index contributed by atoms with van der Waals surface area (Å²) in [5, 5.41) is 20.4. The Labute approximate surface area is 130 Å². The summed E-state index contributed by atoms with van der Waals surface area (Å²) in [6, 6.07) is 14.6. The Morgan fingerprint density at radius 2 is 1.00 bits per heavy atom. The van der Waals surface area contributed by atoms with Crippen LogP contribution in [0.15, 0.2) is 48.5 Å². The average Bonchev–Trinajstić information content (AvgIpc) is 2.59. The lowest BCUT2D eigenvalue weighted by Gasteiger charge is -2.15. The number of aliphatic hydroxyl groups excluding tert-OH is 2. The summed E-state index contributed by atoms with van der Waals surface area (Å²) in [6.07, 6.45) is -0.225. The first-order valence-electron chi connectivity index (χ1n) is 7.28. The highest BCUT2D eigenvalue weighted by Gasteiger charge is 2.13. The molecule has 0 spiro atoms. The molecule has 0 saturated heterocycles. The van der Waals surface area contributed by atoms with Crippen LogP contribution in [0.4, 0.5) is 0 Å². The highest BCUT2D eigenvalue weighted by molar-refractivity contribution is 5.29. The first-order valence-corrected chi connectivity index (χ1v) is 7.28. The summed E-state index contributed by atoms with van der Waals surface area (Å²) in [5.41, 5.74) is 1.64. The van der Waals surface area contributed by atoms with Gasteiger partial charge in [-0.25, -0.2) is 0 Å². The summed E-state index contributed by atoms with van der Waals surface area (Å²) < 4.78 is 10.2. The Hall–Kier alpha value is -2.04. The van der Waals surface area contributed by atoms with Crippen molar-refractivity contribution in [3.05, 3.63) is 59.7 Å². The molecule has 0 heterocycles. The second-order valence-corrected chi connectivity index (χ2v) is 5.16. The van der Waals surface area contributed by atoms with Gasteiger partial charge in [0.1, 0.15) is 11.5 Å². The molecule has 0 aromatic heterocycles. The molecular weight excluding hydrogens is 280 g/mol. The molecule has 2 aromatic carbocycles. The number of aliphatic hydroxyl groups is 2. The molecule has 4 heteroatoms. The number of hydrogen-bond acceptors (Lipinski definition) is 4. The van der Waals surface area contributed by atoms with Crippen LogP contribution >= 0.6 is 0 Å². The van der Waals surface area contributed by atoms with E-state index in [1.54, 1.807) is 14.2 Å². The zero-order valence-electron chi connectivity index (χ0n) is 12.9. The molecule has 0 aliphatic carbocycles. The van der Waals surface area contributed by atoms with E-state index in [9.17, 15) is 10.2 Å². The van der Waals surface area contributed by atoms with Crippen LogP contribution in [0.2, 0.25) is 0 Å².